The maximum atomic E-state index is 11.6. The quantitative estimate of drug-likeness (QED) is 0.695. The van der Waals surface area contributed by atoms with Crippen molar-refractivity contribution in [2.75, 3.05) is 18.6 Å². The van der Waals surface area contributed by atoms with E-state index in [4.69, 9.17) is 0 Å². The molecule has 0 aliphatic carbocycles. The molecule has 1 aliphatic rings. The SMILES string of the molecule is CSCC(C)NC(=O)C1CNC(=O)C1. The minimum Gasteiger partial charge on any atom is -0.355 e. The molecule has 1 aliphatic heterocycles. The molecular formula is C9H16N2O2S. The van der Waals surface area contributed by atoms with Crippen LogP contribution in [-0.4, -0.2) is 36.4 Å². The summed E-state index contributed by atoms with van der Waals surface area (Å²) in [6.07, 6.45) is 2.33. The van der Waals surface area contributed by atoms with E-state index >= 15 is 0 Å². The molecule has 5 heteroatoms. The van der Waals surface area contributed by atoms with Crippen LogP contribution in [0.15, 0.2) is 0 Å². The average molecular weight is 216 g/mol. The lowest BCUT2D eigenvalue weighted by Gasteiger charge is -2.14. The van der Waals surface area contributed by atoms with E-state index in [2.05, 4.69) is 10.6 Å². The van der Waals surface area contributed by atoms with Crippen molar-refractivity contribution >= 4 is 23.6 Å². The number of hydrogen-bond acceptors (Lipinski definition) is 3. The van der Waals surface area contributed by atoms with Gasteiger partial charge in [0, 0.05) is 24.8 Å². The van der Waals surface area contributed by atoms with E-state index in [0.717, 1.165) is 5.75 Å². The predicted octanol–water partition coefficient (Wildman–Crippen LogP) is -0.00980. The van der Waals surface area contributed by atoms with Gasteiger partial charge in [-0.1, -0.05) is 0 Å². The number of amides is 2. The molecule has 0 aromatic heterocycles. The smallest absolute Gasteiger partial charge is 0.225 e. The van der Waals surface area contributed by atoms with Crippen LogP contribution in [0.4, 0.5) is 0 Å². The molecule has 2 amide bonds. The van der Waals surface area contributed by atoms with Crippen molar-refractivity contribution in [3.63, 3.8) is 0 Å². The molecule has 0 aromatic rings. The molecule has 2 atom stereocenters. The van der Waals surface area contributed by atoms with Gasteiger partial charge in [0.05, 0.1) is 5.92 Å². The summed E-state index contributed by atoms with van der Waals surface area (Å²) in [5, 5.41) is 5.54. The van der Waals surface area contributed by atoms with Crippen molar-refractivity contribution < 1.29 is 9.59 Å². The fraction of sp³-hybridized carbons (Fsp3) is 0.778. The van der Waals surface area contributed by atoms with Crippen LogP contribution in [0.1, 0.15) is 13.3 Å². The standard InChI is InChI=1S/C9H16N2O2S/c1-6(5-14-2)11-9(13)7-3-8(12)10-4-7/h6-7H,3-5H2,1-2H3,(H,10,12)(H,11,13). The van der Waals surface area contributed by atoms with E-state index in [-0.39, 0.29) is 23.8 Å². The molecule has 1 fully saturated rings. The summed E-state index contributed by atoms with van der Waals surface area (Å²) >= 11 is 1.70. The van der Waals surface area contributed by atoms with Crippen LogP contribution in [0.3, 0.4) is 0 Å². The Bertz CT molecular complexity index is 233. The molecular weight excluding hydrogens is 200 g/mol. The molecule has 0 radical (unpaired) electrons. The summed E-state index contributed by atoms with van der Waals surface area (Å²) in [6, 6.07) is 0.174. The van der Waals surface area contributed by atoms with E-state index in [1.54, 1.807) is 11.8 Å². The monoisotopic (exact) mass is 216 g/mol. The van der Waals surface area contributed by atoms with Crippen LogP contribution in [0.25, 0.3) is 0 Å². The van der Waals surface area contributed by atoms with Crippen LogP contribution in [-0.2, 0) is 9.59 Å². The summed E-state index contributed by atoms with van der Waals surface area (Å²) in [6.45, 7) is 2.45. The zero-order chi connectivity index (χ0) is 10.6. The van der Waals surface area contributed by atoms with Gasteiger partial charge in [0.2, 0.25) is 11.8 Å². The highest BCUT2D eigenvalue weighted by Crippen LogP contribution is 2.09. The van der Waals surface area contributed by atoms with Crippen molar-refractivity contribution in [3.05, 3.63) is 0 Å². The van der Waals surface area contributed by atoms with Gasteiger partial charge in [0.25, 0.3) is 0 Å². The van der Waals surface area contributed by atoms with E-state index in [9.17, 15) is 9.59 Å². The van der Waals surface area contributed by atoms with Gasteiger partial charge in [-0.25, -0.2) is 0 Å². The molecule has 2 N–H and O–H groups in total. The molecule has 4 nitrogen and oxygen atoms in total. The molecule has 1 saturated heterocycles. The van der Waals surface area contributed by atoms with Crippen molar-refractivity contribution in [2.45, 2.75) is 19.4 Å². The zero-order valence-corrected chi connectivity index (χ0v) is 9.32. The number of carbonyl (C=O) groups excluding carboxylic acids is 2. The highest BCUT2D eigenvalue weighted by molar-refractivity contribution is 7.98. The van der Waals surface area contributed by atoms with E-state index in [1.165, 1.54) is 0 Å². The summed E-state index contributed by atoms with van der Waals surface area (Å²) in [4.78, 5) is 22.4. The molecule has 1 rings (SSSR count). The first-order valence-electron chi connectivity index (χ1n) is 4.69. The first-order valence-corrected chi connectivity index (χ1v) is 6.09. The molecule has 1 heterocycles. The zero-order valence-electron chi connectivity index (χ0n) is 8.50. The van der Waals surface area contributed by atoms with Gasteiger partial charge in [-0.15, -0.1) is 0 Å². The lowest BCUT2D eigenvalue weighted by atomic mass is 10.1. The molecule has 0 saturated carbocycles. The predicted molar refractivity (Wildman–Crippen MR) is 57.1 cm³/mol. The highest BCUT2D eigenvalue weighted by atomic mass is 32.2. The maximum Gasteiger partial charge on any atom is 0.225 e. The second kappa shape index (κ2) is 5.24. The molecule has 2 unspecified atom stereocenters. The third-order valence-electron chi connectivity index (χ3n) is 2.15. The van der Waals surface area contributed by atoms with Crippen LogP contribution >= 0.6 is 11.8 Å². The number of carbonyl (C=O) groups is 2. The molecule has 80 valence electrons. The van der Waals surface area contributed by atoms with E-state index in [0.29, 0.717) is 13.0 Å². The number of rotatable bonds is 4. The molecule has 0 aromatic carbocycles. The summed E-state index contributed by atoms with van der Waals surface area (Å²) in [7, 11) is 0. The Kier molecular flexibility index (Phi) is 4.25. The van der Waals surface area contributed by atoms with Crippen LogP contribution < -0.4 is 10.6 Å². The Morgan fingerprint density at radius 2 is 2.50 bits per heavy atom. The Hall–Kier alpha value is -0.710. The fourth-order valence-corrected chi connectivity index (χ4v) is 2.03. The van der Waals surface area contributed by atoms with Gasteiger partial charge in [0.1, 0.15) is 0 Å². The fourth-order valence-electron chi connectivity index (χ4n) is 1.44. The largest absolute Gasteiger partial charge is 0.355 e. The van der Waals surface area contributed by atoms with Crippen LogP contribution in [0.5, 0.6) is 0 Å². The van der Waals surface area contributed by atoms with Gasteiger partial charge in [-0.3, -0.25) is 9.59 Å². The topological polar surface area (TPSA) is 58.2 Å². The Morgan fingerprint density at radius 1 is 1.79 bits per heavy atom. The third kappa shape index (κ3) is 3.21. The lowest BCUT2D eigenvalue weighted by Crippen LogP contribution is -2.39. The summed E-state index contributed by atoms with van der Waals surface area (Å²) in [5.41, 5.74) is 0. The van der Waals surface area contributed by atoms with E-state index in [1.807, 2.05) is 13.2 Å². The average Bonchev–Trinajstić information content (AvgIpc) is 2.52. The van der Waals surface area contributed by atoms with Gasteiger partial charge >= 0.3 is 0 Å². The Labute approximate surface area is 88.2 Å². The number of hydrogen-bond donors (Lipinski definition) is 2. The molecule has 14 heavy (non-hydrogen) atoms. The first-order chi connectivity index (χ1) is 6.63. The Balaban J connectivity index is 2.31. The van der Waals surface area contributed by atoms with E-state index < -0.39 is 0 Å². The molecule has 0 bridgehead atoms. The normalized spacial score (nSPS) is 23.0. The van der Waals surface area contributed by atoms with Gasteiger partial charge < -0.3 is 10.6 Å². The number of nitrogens with one attached hydrogen (secondary N) is 2. The van der Waals surface area contributed by atoms with Crippen molar-refractivity contribution in [1.82, 2.24) is 10.6 Å². The Morgan fingerprint density at radius 3 is 3.00 bits per heavy atom. The third-order valence-corrected chi connectivity index (χ3v) is 2.99. The first kappa shape index (κ1) is 11.4. The van der Waals surface area contributed by atoms with Gasteiger partial charge in [-0.2, -0.15) is 11.8 Å². The highest BCUT2D eigenvalue weighted by Gasteiger charge is 2.28. The minimum atomic E-state index is -0.174. The summed E-state index contributed by atoms with van der Waals surface area (Å²) in [5.74, 6) is 0.694. The number of thioether (sulfide) groups is 1. The van der Waals surface area contributed by atoms with Crippen molar-refractivity contribution in [3.8, 4) is 0 Å². The minimum absolute atomic E-state index is 0.00935. The van der Waals surface area contributed by atoms with Gasteiger partial charge in [-0.05, 0) is 13.2 Å². The summed E-state index contributed by atoms with van der Waals surface area (Å²) < 4.78 is 0. The molecule has 0 spiro atoms. The van der Waals surface area contributed by atoms with Gasteiger partial charge in [0.15, 0.2) is 0 Å². The van der Waals surface area contributed by atoms with Crippen LogP contribution in [0, 0.1) is 5.92 Å². The van der Waals surface area contributed by atoms with Crippen molar-refractivity contribution in [2.24, 2.45) is 5.92 Å². The second-order valence-corrected chi connectivity index (χ2v) is 4.48. The van der Waals surface area contributed by atoms with Crippen molar-refractivity contribution in [1.29, 1.82) is 0 Å². The van der Waals surface area contributed by atoms with Crippen LogP contribution in [0.2, 0.25) is 0 Å². The second-order valence-electron chi connectivity index (χ2n) is 3.57. The maximum absolute atomic E-state index is 11.6. The lowest BCUT2D eigenvalue weighted by molar-refractivity contribution is -0.126.